The number of nitrogens with one attached hydrogen (secondary N) is 3. The number of hydrogen-bond acceptors (Lipinski definition) is 3. The Labute approximate surface area is 132 Å². The summed E-state index contributed by atoms with van der Waals surface area (Å²) in [4.78, 5) is 8.78. The van der Waals surface area contributed by atoms with Crippen molar-refractivity contribution in [2.45, 2.75) is 19.8 Å². The molecule has 0 saturated heterocycles. The molecule has 1 heterocycles. The van der Waals surface area contributed by atoms with Crippen LogP contribution in [0.2, 0.25) is 0 Å². The van der Waals surface area contributed by atoms with E-state index >= 15 is 0 Å². The molecule has 0 aliphatic heterocycles. The highest BCUT2D eigenvalue weighted by Gasteiger charge is 1.98. The molecule has 0 fully saturated rings. The summed E-state index contributed by atoms with van der Waals surface area (Å²) >= 11 is 0. The maximum atomic E-state index is 4.59. The Morgan fingerprint density at radius 1 is 1.05 bits per heavy atom. The molecule has 22 heavy (non-hydrogen) atoms. The highest BCUT2D eigenvalue weighted by molar-refractivity contribution is 5.80. The third kappa shape index (κ3) is 4.91. The van der Waals surface area contributed by atoms with Gasteiger partial charge in [0.2, 0.25) is 0 Å². The number of aromatic nitrogens is 1. The zero-order valence-corrected chi connectivity index (χ0v) is 13.4. The van der Waals surface area contributed by atoms with Crippen molar-refractivity contribution < 1.29 is 0 Å². The molecule has 0 atom stereocenters. The molecule has 118 valence electrons. The van der Waals surface area contributed by atoms with Crippen LogP contribution >= 0.6 is 0 Å². The Kier molecular flexibility index (Phi) is 6.48. The predicted molar refractivity (Wildman–Crippen MR) is 94.5 cm³/mol. The molecule has 3 N–H and O–H groups in total. The molecular weight excluding hydrogens is 274 g/mol. The molecule has 2 rings (SSSR count). The van der Waals surface area contributed by atoms with Gasteiger partial charge in [-0.3, -0.25) is 4.99 Å². The normalized spacial score (nSPS) is 11.5. The van der Waals surface area contributed by atoms with Gasteiger partial charge < -0.3 is 16.0 Å². The molecule has 1 aromatic carbocycles. The topological polar surface area (TPSA) is 61.3 Å². The van der Waals surface area contributed by atoms with Gasteiger partial charge in [-0.05, 0) is 24.6 Å². The average molecular weight is 299 g/mol. The second kappa shape index (κ2) is 8.87. The van der Waals surface area contributed by atoms with Crippen molar-refractivity contribution in [1.29, 1.82) is 0 Å². The summed E-state index contributed by atoms with van der Waals surface area (Å²) in [6, 6.07) is 12.2. The number of anilines is 1. The van der Waals surface area contributed by atoms with Crippen molar-refractivity contribution in [2.24, 2.45) is 4.99 Å². The summed E-state index contributed by atoms with van der Waals surface area (Å²) in [5.74, 6) is 1.75. The van der Waals surface area contributed by atoms with E-state index in [1.807, 2.05) is 24.3 Å². The van der Waals surface area contributed by atoms with Crippen LogP contribution in [0.15, 0.2) is 41.4 Å². The minimum atomic E-state index is 0.791. The van der Waals surface area contributed by atoms with E-state index in [-0.39, 0.29) is 0 Å². The summed E-state index contributed by atoms with van der Waals surface area (Å²) < 4.78 is 0. The first-order valence-electron chi connectivity index (χ1n) is 7.87. The van der Waals surface area contributed by atoms with Crippen molar-refractivity contribution in [3.05, 3.63) is 36.4 Å². The number of hydrogen-bond donors (Lipinski definition) is 3. The van der Waals surface area contributed by atoms with Gasteiger partial charge in [-0.25, -0.2) is 4.98 Å². The SMILES string of the molecule is CCCCNC(=NC)NCCNc1ccc2ccccc2n1. The summed E-state index contributed by atoms with van der Waals surface area (Å²) in [6.45, 7) is 4.72. The van der Waals surface area contributed by atoms with Gasteiger partial charge in [-0.1, -0.05) is 31.5 Å². The van der Waals surface area contributed by atoms with Crippen LogP contribution < -0.4 is 16.0 Å². The monoisotopic (exact) mass is 299 g/mol. The van der Waals surface area contributed by atoms with Crippen molar-refractivity contribution in [1.82, 2.24) is 15.6 Å². The van der Waals surface area contributed by atoms with Crippen LogP contribution in [0.1, 0.15) is 19.8 Å². The van der Waals surface area contributed by atoms with Crippen LogP contribution in [-0.2, 0) is 0 Å². The lowest BCUT2D eigenvalue weighted by Crippen LogP contribution is -2.39. The van der Waals surface area contributed by atoms with E-state index < -0.39 is 0 Å². The Hall–Kier alpha value is -2.30. The molecule has 0 saturated carbocycles. The quantitative estimate of drug-likeness (QED) is 0.418. The first kappa shape index (κ1) is 16.1. The van der Waals surface area contributed by atoms with E-state index in [2.05, 4.69) is 45.0 Å². The molecule has 5 nitrogen and oxygen atoms in total. The maximum absolute atomic E-state index is 4.59. The number of para-hydroxylation sites is 1. The van der Waals surface area contributed by atoms with E-state index in [4.69, 9.17) is 0 Å². The highest BCUT2D eigenvalue weighted by atomic mass is 15.2. The largest absolute Gasteiger partial charge is 0.368 e. The first-order valence-corrected chi connectivity index (χ1v) is 7.87. The molecule has 0 radical (unpaired) electrons. The number of pyridine rings is 1. The minimum absolute atomic E-state index is 0.791. The number of unbranched alkanes of at least 4 members (excludes halogenated alkanes) is 1. The standard InChI is InChI=1S/C17H25N5/c1-3-4-11-20-17(18-2)21-13-12-19-16-10-9-14-7-5-6-8-15(14)22-16/h5-10H,3-4,11-13H2,1-2H3,(H,19,22)(H2,18,20,21). The predicted octanol–water partition coefficient (Wildman–Crippen LogP) is 2.61. The van der Waals surface area contributed by atoms with Gasteiger partial charge in [-0.15, -0.1) is 0 Å². The number of fused-ring (bicyclic) bond motifs is 1. The van der Waals surface area contributed by atoms with Crippen molar-refractivity contribution >= 4 is 22.7 Å². The molecule has 0 spiro atoms. The fraction of sp³-hybridized carbons (Fsp3) is 0.412. The zero-order chi connectivity index (χ0) is 15.6. The van der Waals surface area contributed by atoms with E-state index in [0.717, 1.165) is 48.7 Å². The summed E-state index contributed by atoms with van der Waals surface area (Å²) in [5.41, 5.74) is 1.01. The Morgan fingerprint density at radius 3 is 2.68 bits per heavy atom. The number of aliphatic imine (C=N–C) groups is 1. The van der Waals surface area contributed by atoms with Crippen LogP contribution in [0.5, 0.6) is 0 Å². The van der Waals surface area contributed by atoms with Gasteiger partial charge in [0.05, 0.1) is 5.52 Å². The smallest absolute Gasteiger partial charge is 0.191 e. The lowest BCUT2D eigenvalue weighted by atomic mass is 10.2. The van der Waals surface area contributed by atoms with Crippen LogP contribution in [0.4, 0.5) is 5.82 Å². The first-order chi connectivity index (χ1) is 10.8. The van der Waals surface area contributed by atoms with E-state index in [9.17, 15) is 0 Å². The molecule has 0 aliphatic rings. The second-order valence-corrected chi connectivity index (χ2v) is 5.10. The van der Waals surface area contributed by atoms with Crippen LogP contribution in [0.3, 0.4) is 0 Å². The van der Waals surface area contributed by atoms with Crippen LogP contribution in [0, 0.1) is 0 Å². The molecule has 2 aromatic rings. The summed E-state index contributed by atoms with van der Waals surface area (Å²) in [7, 11) is 1.79. The van der Waals surface area contributed by atoms with E-state index in [0.29, 0.717) is 0 Å². The molecular formula is C17H25N5. The zero-order valence-electron chi connectivity index (χ0n) is 13.4. The molecule has 1 aromatic heterocycles. The van der Waals surface area contributed by atoms with Gasteiger partial charge >= 0.3 is 0 Å². The van der Waals surface area contributed by atoms with Crippen molar-refractivity contribution in [3.8, 4) is 0 Å². The van der Waals surface area contributed by atoms with Crippen molar-refractivity contribution in [2.75, 3.05) is 32.0 Å². The van der Waals surface area contributed by atoms with Crippen LogP contribution in [0.25, 0.3) is 10.9 Å². The fourth-order valence-corrected chi connectivity index (χ4v) is 2.14. The molecule has 0 bridgehead atoms. The average Bonchev–Trinajstić information content (AvgIpc) is 2.57. The van der Waals surface area contributed by atoms with E-state index in [1.54, 1.807) is 7.05 Å². The molecule has 5 heteroatoms. The second-order valence-electron chi connectivity index (χ2n) is 5.10. The lowest BCUT2D eigenvalue weighted by Gasteiger charge is -2.12. The van der Waals surface area contributed by atoms with Gasteiger partial charge in [0.1, 0.15) is 5.82 Å². The molecule has 0 aliphatic carbocycles. The number of rotatable bonds is 7. The Balaban J connectivity index is 1.75. The summed E-state index contributed by atoms with van der Waals surface area (Å²) in [6.07, 6.45) is 2.33. The van der Waals surface area contributed by atoms with Gasteiger partial charge in [0.15, 0.2) is 5.96 Å². The fourth-order valence-electron chi connectivity index (χ4n) is 2.14. The van der Waals surface area contributed by atoms with Crippen LogP contribution in [-0.4, -0.2) is 37.6 Å². The molecule has 0 amide bonds. The lowest BCUT2D eigenvalue weighted by molar-refractivity contribution is 0.730. The third-order valence-corrected chi connectivity index (χ3v) is 3.37. The number of benzene rings is 1. The Morgan fingerprint density at radius 2 is 1.86 bits per heavy atom. The molecule has 0 unspecified atom stereocenters. The van der Waals surface area contributed by atoms with Gasteiger partial charge in [0, 0.05) is 32.1 Å². The highest BCUT2D eigenvalue weighted by Crippen LogP contribution is 2.13. The van der Waals surface area contributed by atoms with Crippen molar-refractivity contribution in [3.63, 3.8) is 0 Å². The minimum Gasteiger partial charge on any atom is -0.368 e. The van der Waals surface area contributed by atoms with E-state index in [1.165, 1.54) is 6.42 Å². The number of guanidine groups is 1. The number of nitrogens with zero attached hydrogens (tertiary/aromatic N) is 2. The maximum Gasteiger partial charge on any atom is 0.191 e. The Bertz CT molecular complexity index is 609. The van der Waals surface area contributed by atoms with Gasteiger partial charge in [-0.2, -0.15) is 0 Å². The summed E-state index contributed by atoms with van der Waals surface area (Å²) in [5, 5.41) is 11.1. The van der Waals surface area contributed by atoms with Gasteiger partial charge in [0.25, 0.3) is 0 Å². The third-order valence-electron chi connectivity index (χ3n) is 3.37.